The maximum Gasteiger partial charge on any atom is 0.106 e. The van der Waals surface area contributed by atoms with Crippen LogP contribution in [0.15, 0.2) is 71.9 Å². The SMILES string of the molecule is C/C(=C/CCCc1ccccc1)[Si](C)(C)c1ccccc1. The van der Waals surface area contributed by atoms with Crippen molar-refractivity contribution in [2.45, 2.75) is 39.3 Å². The monoisotopic (exact) mass is 294 g/mol. The highest BCUT2D eigenvalue weighted by Gasteiger charge is 2.24. The average molecular weight is 295 g/mol. The van der Waals surface area contributed by atoms with E-state index in [2.05, 4.69) is 86.8 Å². The molecule has 0 fully saturated rings. The summed E-state index contributed by atoms with van der Waals surface area (Å²) in [6, 6.07) is 21.8. The molecule has 1 heteroatoms. The number of rotatable bonds is 6. The summed E-state index contributed by atoms with van der Waals surface area (Å²) in [6.45, 7) is 7.22. The molecule has 0 N–H and O–H groups in total. The molecule has 21 heavy (non-hydrogen) atoms. The van der Waals surface area contributed by atoms with E-state index in [4.69, 9.17) is 0 Å². The molecule has 0 unspecified atom stereocenters. The van der Waals surface area contributed by atoms with Crippen LogP contribution >= 0.6 is 0 Å². The van der Waals surface area contributed by atoms with Gasteiger partial charge in [0.15, 0.2) is 0 Å². The number of unbranched alkanes of at least 4 members (excludes halogenated alkanes) is 1. The molecule has 0 aliphatic carbocycles. The molecule has 0 aliphatic rings. The molecule has 2 aromatic rings. The van der Waals surface area contributed by atoms with Crippen molar-refractivity contribution in [1.82, 2.24) is 0 Å². The maximum atomic E-state index is 2.47. The van der Waals surface area contributed by atoms with Crippen LogP contribution in [0.5, 0.6) is 0 Å². The van der Waals surface area contributed by atoms with Crippen LogP contribution < -0.4 is 5.19 Å². The first-order chi connectivity index (χ1) is 10.1. The number of hydrogen-bond donors (Lipinski definition) is 0. The van der Waals surface area contributed by atoms with Crippen LogP contribution in [0.1, 0.15) is 25.3 Å². The Kier molecular flexibility index (Phi) is 5.57. The van der Waals surface area contributed by atoms with E-state index in [1.165, 1.54) is 30.0 Å². The summed E-state index contributed by atoms with van der Waals surface area (Å²) >= 11 is 0. The van der Waals surface area contributed by atoms with Gasteiger partial charge in [-0.3, -0.25) is 0 Å². The fraction of sp³-hybridized carbons (Fsp3) is 0.300. The highest BCUT2D eigenvalue weighted by atomic mass is 28.3. The van der Waals surface area contributed by atoms with Crippen LogP contribution in [0, 0.1) is 0 Å². The van der Waals surface area contributed by atoms with Crippen molar-refractivity contribution in [1.29, 1.82) is 0 Å². The smallest absolute Gasteiger partial charge is 0.0891 e. The predicted molar refractivity (Wildman–Crippen MR) is 96.7 cm³/mol. The van der Waals surface area contributed by atoms with Crippen LogP contribution in [0.3, 0.4) is 0 Å². The Labute approximate surface area is 130 Å². The van der Waals surface area contributed by atoms with Gasteiger partial charge in [0.25, 0.3) is 0 Å². The lowest BCUT2D eigenvalue weighted by Gasteiger charge is -2.24. The molecule has 0 heterocycles. The molecule has 0 spiro atoms. The summed E-state index contributed by atoms with van der Waals surface area (Å²) < 4.78 is 0. The van der Waals surface area contributed by atoms with E-state index in [1.54, 1.807) is 5.20 Å². The topological polar surface area (TPSA) is 0 Å². The van der Waals surface area contributed by atoms with Crippen LogP contribution in [0.25, 0.3) is 0 Å². The fourth-order valence-electron chi connectivity index (χ4n) is 2.61. The van der Waals surface area contributed by atoms with E-state index < -0.39 is 8.07 Å². The molecule has 0 radical (unpaired) electrons. The average Bonchev–Trinajstić information content (AvgIpc) is 2.53. The van der Waals surface area contributed by atoms with Gasteiger partial charge in [0.1, 0.15) is 8.07 Å². The van der Waals surface area contributed by atoms with Gasteiger partial charge < -0.3 is 0 Å². The van der Waals surface area contributed by atoms with Gasteiger partial charge in [0.2, 0.25) is 0 Å². The molecule has 0 saturated heterocycles. The van der Waals surface area contributed by atoms with Gasteiger partial charge in [0, 0.05) is 0 Å². The first kappa shape index (κ1) is 15.8. The van der Waals surface area contributed by atoms with E-state index in [0.717, 1.165) is 0 Å². The Hall–Kier alpha value is -1.60. The highest BCUT2D eigenvalue weighted by Crippen LogP contribution is 2.16. The van der Waals surface area contributed by atoms with Crippen LogP contribution in [-0.2, 0) is 6.42 Å². The Balaban J connectivity index is 1.92. The number of hydrogen-bond acceptors (Lipinski definition) is 0. The van der Waals surface area contributed by atoms with Crippen molar-refractivity contribution >= 4 is 13.3 Å². The van der Waals surface area contributed by atoms with E-state index in [-0.39, 0.29) is 0 Å². The predicted octanol–water partition coefficient (Wildman–Crippen LogP) is 5.11. The lowest BCUT2D eigenvalue weighted by atomic mass is 10.1. The van der Waals surface area contributed by atoms with Crippen molar-refractivity contribution in [3.05, 3.63) is 77.5 Å². The van der Waals surface area contributed by atoms with E-state index in [0.29, 0.717) is 0 Å². The Morgan fingerprint density at radius 1 is 0.905 bits per heavy atom. The summed E-state index contributed by atoms with van der Waals surface area (Å²) in [7, 11) is -1.45. The van der Waals surface area contributed by atoms with E-state index in [1.807, 2.05) is 0 Å². The van der Waals surface area contributed by atoms with E-state index in [9.17, 15) is 0 Å². The molecule has 0 nitrogen and oxygen atoms in total. The Morgan fingerprint density at radius 2 is 1.48 bits per heavy atom. The van der Waals surface area contributed by atoms with Crippen LogP contribution in [0.2, 0.25) is 13.1 Å². The van der Waals surface area contributed by atoms with Crippen LogP contribution in [-0.4, -0.2) is 8.07 Å². The molecule has 2 rings (SSSR count). The molecule has 110 valence electrons. The second-order valence-electron chi connectivity index (χ2n) is 6.26. The zero-order valence-electron chi connectivity index (χ0n) is 13.5. The maximum absolute atomic E-state index is 2.47. The van der Waals surface area contributed by atoms with Gasteiger partial charge in [-0.25, -0.2) is 0 Å². The third-order valence-corrected chi connectivity index (χ3v) is 8.40. The second-order valence-corrected chi connectivity index (χ2v) is 10.9. The van der Waals surface area contributed by atoms with Gasteiger partial charge in [-0.15, -0.1) is 0 Å². The zero-order valence-corrected chi connectivity index (χ0v) is 14.5. The van der Waals surface area contributed by atoms with Crippen LogP contribution in [0.4, 0.5) is 0 Å². The van der Waals surface area contributed by atoms with Gasteiger partial charge in [0.05, 0.1) is 0 Å². The first-order valence-corrected chi connectivity index (χ1v) is 10.9. The third kappa shape index (κ3) is 4.43. The Bertz CT molecular complexity index is 567. The van der Waals surface area contributed by atoms with Crippen molar-refractivity contribution in [2.75, 3.05) is 0 Å². The number of aryl methyl sites for hydroxylation is 1. The van der Waals surface area contributed by atoms with Crippen molar-refractivity contribution < 1.29 is 0 Å². The lowest BCUT2D eigenvalue weighted by molar-refractivity contribution is 0.840. The van der Waals surface area contributed by atoms with E-state index >= 15 is 0 Å². The molecule has 0 saturated carbocycles. The standard InChI is InChI=1S/C20H26Si/c1-18(21(2,3)20-16-8-5-9-17-20)12-10-11-15-19-13-6-4-7-14-19/h4-9,12-14,16-17H,10-11,15H2,1-3H3/b18-12-. The van der Waals surface area contributed by atoms with Crippen molar-refractivity contribution in [2.24, 2.45) is 0 Å². The molecule has 0 atom stereocenters. The molecule has 0 aromatic heterocycles. The highest BCUT2D eigenvalue weighted by molar-refractivity contribution is 6.95. The van der Waals surface area contributed by atoms with Crippen molar-refractivity contribution in [3.63, 3.8) is 0 Å². The summed E-state index contributed by atoms with van der Waals surface area (Å²) in [5.74, 6) is 0. The summed E-state index contributed by atoms with van der Waals surface area (Å²) in [6.07, 6.45) is 6.07. The van der Waals surface area contributed by atoms with Gasteiger partial charge in [-0.05, 0) is 31.7 Å². The zero-order chi connectivity index (χ0) is 15.1. The first-order valence-electron chi connectivity index (χ1n) is 7.87. The molecular formula is C20H26Si. The fourth-order valence-corrected chi connectivity index (χ4v) is 4.74. The lowest BCUT2D eigenvalue weighted by Crippen LogP contribution is -2.42. The number of benzene rings is 2. The summed E-state index contributed by atoms with van der Waals surface area (Å²) in [4.78, 5) is 0. The largest absolute Gasteiger partial charge is 0.106 e. The molecule has 0 amide bonds. The minimum Gasteiger partial charge on any atom is -0.0891 e. The summed E-state index contributed by atoms with van der Waals surface area (Å²) in [5.41, 5.74) is 1.45. The third-order valence-electron chi connectivity index (χ3n) is 4.44. The second kappa shape index (κ2) is 7.42. The molecule has 2 aromatic carbocycles. The molecular weight excluding hydrogens is 268 g/mol. The van der Waals surface area contributed by atoms with Gasteiger partial charge >= 0.3 is 0 Å². The minimum absolute atomic E-state index is 1.18. The normalized spacial score (nSPS) is 12.4. The van der Waals surface area contributed by atoms with Gasteiger partial charge in [-0.2, -0.15) is 0 Å². The molecule has 0 bridgehead atoms. The van der Waals surface area contributed by atoms with Crippen molar-refractivity contribution in [3.8, 4) is 0 Å². The van der Waals surface area contributed by atoms with Gasteiger partial charge in [-0.1, -0.05) is 90.2 Å². The molecule has 0 aliphatic heterocycles. The Morgan fingerprint density at radius 3 is 2.10 bits per heavy atom. The minimum atomic E-state index is -1.45. The summed E-state index contributed by atoms with van der Waals surface area (Å²) in [5, 5.41) is 3.13. The number of allylic oxidation sites excluding steroid dienone is 2. The quantitative estimate of drug-likeness (QED) is 0.513.